The van der Waals surface area contributed by atoms with Gasteiger partial charge in [0.25, 0.3) is 0 Å². The number of pyridine rings is 1. The highest BCUT2D eigenvalue weighted by atomic mass is 35.5. The molecule has 2 aromatic heterocycles. The van der Waals surface area contributed by atoms with Gasteiger partial charge in [0.15, 0.2) is 0 Å². The van der Waals surface area contributed by atoms with Gasteiger partial charge in [0.05, 0.1) is 16.1 Å². The van der Waals surface area contributed by atoms with E-state index < -0.39 is 0 Å². The Morgan fingerprint density at radius 2 is 2.04 bits per heavy atom. The molecule has 24 heavy (non-hydrogen) atoms. The molecular formula is C19H16ClN3S. The highest BCUT2D eigenvalue weighted by Crippen LogP contribution is 2.39. The molecule has 0 atom stereocenters. The molecule has 0 saturated carbocycles. The number of aromatic nitrogens is 3. The van der Waals surface area contributed by atoms with Crippen molar-refractivity contribution in [2.75, 3.05) is 0 Å². The van der Waals surface area contributed by atoms with Crippen LogP contribution in [0.3, 0.4) is 0 Å². The van der Waals surface area contributed by atoms with Gasteiger partial charge in [-0.1, -0.05) is 35.5 Å². The summed E-state index contributed by atoms with van der Waals surface area (Å²) in [5.74, 6) is 1.02. The second-order valence-electron chi connectivity index (χ2n) is 5.63. The molecule has 2 heterocycles. The zero-order valence-electron chi connectivity index (χ0n) is 13.5. The van der Waals surface area contributed by atoms with E-state index in [0.717, 1.165) is 38.7 Å². The van der Waals surface area contributed by atoms with Crippen molar-refractivity contribution in [1.29, 1.82) is 0 Å². The summed E-state index contributed by atoms with van der Waals surface area (Å²) in [5, 5.41) is 3.06. The zero-order chi connectivity index (χ0) is 16.7. The summed E-state index contributed by atoms with van der Waals surface area (Å²) >= 11 is 8.21. The molecule has 0 N–H and O–H groups in total. The molecule has 0 spiro atoms. The van der Waals surface area contributed by atoms with E-state index >= 15 is 0 Å². The fraction of sp³-hybridized carbons (Fsp3) is 0.158. The van der Waals surface area contributed by atoms with E-state index in [0.29, 0.717) is 0 Å². The molecule has 0 radical (unpaired) electrons. The predicted molar refractivity (Wildman–Crippen MR) is 101 cm³/mol. The van der Waals surface area contributed by atoms with Crippen molar-refractivity contribution >= 4 is 45.2 Å². The van der Waals surface area contributed by atoms with Crippen LogP contribution >= 0.6 is 23.4 Å². The van der Waals surface area contributed by atoms with E-state index in [1.165, 1.54) is 10.3 Å². The van der Waals surface area contributed by atoms with Crippen LogP contribution in [0.4, 0.5) is 0 Å². The minimum absolute atomic E-state index is 0.735. The third-order valence-corrected chi connectivity index (χ3v) is 5.73. The lowest BCUT2D eigenvalue weighted by Crippen LogP contribution is -1.96. The molecule has 0 saturated heterocycles. The van der Waals surface area contributed by atoms with Gasteiger partial charge in [-0.25, -0.2) is 4.98 Å². The second-order valence-corrected chi connectivity index (χ2v) is 7.12. The van der Waals surface area contributed by atoms with E-state index in [1.807, 2.05) is 31.5 Å². The molecule has 4 aromatic rings. The van der Waals surface area contributed by atoms with Crippen molar-refractivity contribution in [1.82, 2.24) is 14.5 Å². The molecule has 3 nitrogen and oxygen atoms in total. The van der Waals surface area contributed by atoms with Gasteiger partial charge < -0.3 is 4.57 Å². The lowest BCUT2D eigenvalue weighted by atomic mass is 10.2. The average Bonchev–Trinajstić information content (AvgIpc) is 2.89. The minimum atomic E-state index is 0.735. The van der Waals surface area contributed by atoms with Gasteiger partial charge in [-0.15, -0.1) is 0 Å². The maximum Gasteiger partial charge on any atom is 0.106 e. The molecule has 0 unspecified atom stereocenters. The average molecular weight is 354 g/mol. The number of imidazole rings is 1. The van der Waals surface area contributed by atoms with Crippen LogP contribution in [0.1, 0.15) is 12.7 Å². The fourth-order valence-electron chi connectivity index (χ4n) is 3.02. The van der Waals surface area contributed by atoms with Gasteiger partial charge >= 0.3 is 0 Å². The molecule has 0 aliphatic carbocycles. The smallest absolute Gasteiger partial charge is 0.106 e. The largest absolute Gasteiger partial charge is 0.328 e. The second kappa shape index (κ2) is 6.11. The highest BCUT2D eigenvalue weighted by Gasteiger charge is 2.12. The van der Waals surface area contributed by atoms with Crippen LogP contribution in [0, 0.1) is 6.92 Å². The summed E-state index contributed by atoms with van der Waals surface area (Å²) < 4.78 is 2.21. The van der Waals surface area contributed by atoms with Crippen molar-refractivity contribution in [3.63, 3.8) is 0 Å². The molecular weight excluding hydrogens is 338 g/mol. The molecule has 0 aliphatic heterocycles. The van der Waals surface area contributed by atoms with Gasteiger partial charge in [0.1, 0.15) is 5.82 Å². The standard InChI is InChI=1S/C19H16ClN3S/c1-3-23-12(2)22-16-9-15(20)19(10-17(16)23)24-18-6-4-5-13-11-21-8-7-14(13)18/h4-11H,3H2,1-2H3. The molecule has 4 rings (SSSR count). The monoisotopic (exact) mass is 353 g/mol. The van der Waals surface area contributed by atoms with Crippen LogP contribution in [0.5, 0.6) is 0 Å². The van der Waals surface area contributed by atoms with Crippen molar-refractivity contribution in [3.05, 3.63) is 59.6 Å². The maximum atomic E-state index is 6.53. The van der Waals surface area contributed by atoms with E-state index in [9.17, 15) is 0 Å². The summed E-state index contributed by atoms with van der Waals surface area (Å²) in [4.78, 5) is 11.0. The number of benzene rings is 2. The summed E-state index contributed by atoms with van der Waals surface area (Å²) in [5.41, 5.74) is 2.08. The maximum absolute atomic E-state index is 6.53. The Morgan fingerprint density at radius 3 is 2.88 bits per heavy atom. The normalized spacial score (nSPS) is 11.5. The minimum Gasteiger partial charge on any atom is -0.328 e. The summed E-state index contributed by atoms with van der Waals surface area (Å²) in [6.45, 7) is 5.06. The predicted octanol–water partition coefficient (Wildman–Crippen LogP) is 5.72. The Labute approximate surface area is 149 Å². The topological polar surface area (TPSA) is 30.7 Å². The number of rotatable bonds is 3. The number of hydrogen-bond acceptors (Lipinski definition) is 3. The highest BCUT2D eigenvalue weighted by molar-refractivity contribution is 7.99. The van der Waals surface area contributed by atoms with Gasteiger partial charge in [-0.05, 0) is 43.5 Å². The van der Waals surface area contributed by atoms with Crippen LogP contribution in [0.2, 0.25) is 5.02 Å². The van der Waals surface area contributed by atoms with E-state index in [4.69, 9.17) is 11.6 Å². The van der Waals surface area contributed by atoms with Gasteiger partial charge in [0.2, 0.25) is 0 Å². The van der Waals surface area contributed by atoms with Gasteiger partial charge in [0, 0.05) is 34.1 Å². The molecule has 2 aromatic carbocycles. The third kappa shape index (κ3) is 2.56. The lowest BCUT2D eigenvalue weighted by molar-refractivity contribution is 0.753. The van der Waals surface area contributed by atoms with Crippen molar-refractivity contribution < 1.29 is 0 Å². The van der Waals surface area contributed by atoms with Gasteiger partial charge in [-0.3, -0.25) is 4.98 Å². The zero-order valence-corrected chi connectivity index (χ0v) is 15.0. The SMILES string of the molecule is CCn1c(C)nc2cc(Cl)c(Sc3cccc4cnccc34)cc21. The number of halogens is 1. The Hall–Kier alpha value is -2.04. The number of hydrogen-bond donors (Lipinski definition) is 0. The molecule has 5 heteroatoms. The van der Waals surface area contributed by atoms with Gasteiger partial charge in [-0.2, -0.15) is 0 Å². The first-order valence-corrected chi connectivity index (χ1v) is 9.04. The van der Waals surface area contributed by atoms with E-state index in [-0.39, 0.29) is 0 Å². The molecule has 0 amide bonds. The van der Waals surface area contributed by atoms with Crippen LogP contribution in [0.25, 0.3) is 21.8 Å². The third-order valence-electron chi connectivity index (χ3n) is 4.17. The summed E-state index contributed by atoms with van der Waals surface area (Å²) in [6.07, 6.45) is 3.71. The van der Waals surface area contributed by atoms with Crippen LogP contribution in [-0.2, 0) is 6.54 Å². The summed E-state index contributed by atoms with van der Waals surface area (Å²) in [7, 11) is 0. The molecule has 0 bridgehead atoms. The quantitative estimate of drug-likeness (QED) is 0.472. The molecule has 0 aliphatic rings. The van der Waals surface area contributed by atoms with E-state index in [1.54, 1.807) is 11.8 Å². The first-order chi connectivity index (χ1) is 11.7. The molecule has 0 fully saturated rings. The number of nitrogens with zero attached hydrogens (tertiary/aromatic N) is 3. The van der Waals surface area contributed by atoms with Crippen LogP contribution in [-0.4, -0.2) is 14.5 Å². The number of fused-ring (bicyclic) bond motifs is 2. The van der Waals surface area contributed by atoms with Crippen molar-refractivity contribution in [2.45, 2.75) is 30.2 Å². The van der Waals surface area contributed by atoms with Crippen molar-refractivity contribution in [2.24, 2.45) is 0 Å². The Kier molecular flexibility index (Phi) is 3.94. The van der Waals surface area contributed by atoms with E-state index in [2.05, 4.69) is 45.7 Å². The van der Waals surface area contributed by atoms with Crippen LogP contribution < -0.4 is 0 Å². The first kappa shape index (κ1) is 15.5. The fourth-order valence-corrected chi connectivity index (χ4v) is 4.30. The molecule has 120 valence electrons. The Bertz CT molecular complexity index is 1050. The summed E-state index contributed by atoms with van der Waals surface area (Å²) in [6, 6.07) is 12.4. The lowest BCUT2D eigenvalue weighted by Gasteiger charge is -2.09. The number of aryl methyl sites for hydroxylation is 2. The Balaban J connectivity index is 1.85. The van der Waals surface area contributed by atoms with Crippen LogP contribution in [0.15, 0.2) is 58.6 Å². The Morgan fingerprint density at radius 1 is 1.17 bits per heavy atom. The first-order valence-electron chi connectivity index (χ1n) is 7.84. The van der Waals surface area contributed by atoms with Crippen molar-refractivity contribution in [3.8, 4) is 0 Å².